The first kappa shape index (κ1) is 19.4. The number of carboxylic acids is 1. The molecule has 0 aliphatic heterocycles. The molecular formula is C22H15BrN2O3S. The minimum absolute atomic E-state index is 0.123. The van der Waals surface area contributed by atoms with Crippen LogP contribution in [0.5, 0.6) is 0 Å². The van der Waals surface area contributed by atoms with Crippen LogP contribution in [0.3, 0.4) is 0 Å². The molecule has 1 aromatic heterocycles. The van der Waals surface area contributed by atoms with Gasteiger partial charge in [0.15, 0.2) is 5.16 Å². The molecule has 0 spiro atoms. The fourth-order valence-electron chi connectivity index (χ4n) is 2.92. The van der Waals surface area contributed by atoms with Crippen LogP contribution in [-0.2, 0) is 5.75 Å². The molecule has 0 aliphatic carbocycles. The van der Waals surface area contributed by atoms with Gasteiger partial charge >= 0.3 is 5.97 Å². The Bertz CT molecular complexity index is 1250. The molecule has 1 N–H and O–H groups in total. The standard InChI is InChI=1S/C22H15BrN2O3S/c23-16-9-11-17(12-10-16)25-20(26)18-3-1-2-4-19(18)24-22(25)29-13-14-5-7-15(8-6-14)21(27)28/h1-12H,13H2,(H,27,28). The molecule has 7 heteroatoms. The summed E-state index contributed by atoms with van der Waals surface area (Å²) in [6.45, 7) is 0. The maximum atomic E-state index is 13.2. The molecule has 3 aromatic carbocycles. The number of nitrogens with zero attached hydrogens (tertiary/aromatic N) is 2. The van der Waals surface area contributed by atoms with Gasteiger partial charge in [-0.25, -0.2) is 9.78 Å². The van der Waals surface area contributed by atoms with Crippen LogP contribution in [0, 0.1) is 0 Å². The highest BCUT2D eigenvalue weighted by molar-refractivity contribution is 9.10. The van der Waals surface area contributed by atoms with Gasteiger partial charge in [0.05, 0.1) is 22.2 Å². The van der Waals surface area contributed by atoms with Crippen molar-refractivity contribution in [2.24, 2.45) is 0 Å². The SMILES string of the molecule is O=C(O)c1ccc(CSc2nc3ccccc3c(=O)n2-c2ccc(Br)cc2)cc1. The molecule has 0 fully saturated rings. The Morgan fingerprint density at radius 1 is 1.00 bits per heavy atom. The van der Waals surface area contributed by atoms with E-state index < -0.39 is 5.97 Å². The molecule has 0 saturated heterocycles. The van der Waals surface area contributed by atoms with Crippen LogP contribution in [0.15, 0.2) is 87.2 Å². The predicted octanol–water partition coefficient (Wildman–Crippen LogP) is 5.14. The number of carboxylic acid groups (broad SMARTS) is 1. The van der Waals surface area contributed by atoms with Gasteiger partial charge in [0.25, 0.3) is 5.56 Å². The van der Waals surface area contributed by atoms with Gasteiger partial charge in [0, 0.05) is 10.2 Å². The summed E-state index contributed by atoms with van der Waals surface area (Å²) in [6.07, 6.45) is 0. The normalized spacial score (nSPS) is 10.9. The van der Waals surface area contributed by atoms with Crippen molar-refractivity contribution in [2.45, 2.75) is 10.9 Å². The third kappa shape index (κ3) is 4.11. The van der Waals surface area contributed by atoms with Crippen molar-refractivity contribution in [1.29, 1.82) is 0 Å². The van der Waals surface area contributed by atoms with Crippen molar-refractivity contribution in [3.8, 4) is 5.69 Å². The molecule has 144 valence electrons. The van der Waals surface area contributed by atoms with E-state index in [0.717, 1.165) is 15.7 Å². The third-order valence-corrected chi connectivity index (χ3v) is 5.94. The maximum Gasteiger partial charge on any atom is 0.335 e. The van der Waals surface area contributed by atoms with E-state index in [4.69, 9.17) is 10.1 Å². The highest BCUT2D eigenvalue weighted by Gasteiger charge is 2.13. The van der Waals surface area contributed by atoms with Crippen molar-refractivity contribution in [3.63, 3.8) is 0 Å². The summed E-state index contributed by atoms with van der Waals surface area (Å²) in [6, 6.07) is 21.5. The van der Waals surface area contributed by atoms with E-state index in [9.17, 15) is 9.59 Å². The number of halogens is 1. The predicted molar refractivity (Wildman–Crippen MR) is 118 cm³/mol. The molecule has 0 saturated carbocycles. The summed E-state index contributed by atoms with van der Waals surface area (Å²) >= 11 is 4.86. The molecule has 0 unspecified atom stereocenters. The number of fused-ring (bicyclic) bond motifs is 1. The Morgan fingerprint density at radius 2 is 1.69 bits per heavy atom. The number of hydrogen-bond acceptors (Lipinski definition) is 4. The van der Waals surface area contributed by atoms with E-state index in [1.54, 1.807) is 34.9 Å². The number of benzene rings is 3. The number of carbonyl (C=O) groups is 1. The summed E-state index contributed by atoms with van der Waals surface area (Å²) in [7, 11) is 0. The van der Waals surface area contributed by atoms with Crippen molar-refractivity contribution >= 4 is 44.6 Å². The molecule has 5 nitrogen and oxygen atoms in total. The second-order valence-corrected chi connectivity index (χ2v) is 8.18. The maximum absolute atomic E-state index is 13.2. The Balaban J connectivity index is 1.75. The average Bonchev–Trinajstić information content (AvgIpc) is 2.73. The first-order valence-corrected chi connectivity index (χ1v) is 10.5. The Labute approximate surface area is 179 Å². The quantitative estimate of drug-likeness (QED) is 0.325. The lowest BCUT2D eigenvalue weighted by Crippen LogP contribution is -2.21. The molecule has 0 bridgehead atoms. The topological polar surface area (TPSA) is 72.2 Å². The van der Waals surface area contributed by atoms with Gasteiger partial charge in [0.1, 0.15) is 0 Å². The zero-order valence-electron chi connectivity index (χ0n) is 15.1. The van der Waals surface area contributed by atoms with E-state index in [1.807, 2.05) is 42.5 Å². The van der Waals surface area contributed by atoms with Crippen LogP contribution in [0.1, 0.15) is 15.9 Å². The number of rotatable bonds is 5. The molecule has 4 rings (SSSR count). The number of hydrogen-bond donors (Lipinski definition) is 1. The van der Waals surface area contributed by atoms with Gasteiger partial charge in [-0.1, -0.05) is 52.0 Å². The van der Waals surface area contributed by atoms with Crippen LogP contribution in [0.25, 0.3) is 16.6 Å². The largest absolute Gasteiger partial charge is 0.478 e. The fraction of sp³-hybridized carbons (Fsp3) is 0.0455. The lowest BCUT2D eigenvalue weighted by molar-refractivity contribution is 0.0697. The molecule has 0 radical (unpaired) electrons. The third-order valence-electron chi connectivity index (χ3n) is 4.40. The lowest BCUT2D eigenvalue weighted by Gasteiger charge is -2.13. The van der Waals surface area contributed by atoms with Gasteiger partial charge in [-0.05, 0) is 54.1 Å². The summed E-state index contributed by atoms with van der Waals surface area (Å²) in [5.41, 5.74) is 2.45. The van der Waals surface area contributed by atoms with E-state index >= 15 is 0 Å². The molecule has 4 aromatic rings. The van der Waals surface area contributed by atoms with Gasteiger partial charge in [-0.2, -0.15) is 0 Å². The highest BCUT2D eigenvalue weighted by Crippen LogP contribution is 2.25. The Morgan fingerprint density at radius 3 is 2.38 bits per heavy atom. The zero-order valence-corrected chi connectivity index (χ0v) is 17.5. The Kier molecular flexibility index (Phi) is 5.51. The smallest absolute Gasteiger partial charge is 0.335 e. The summed E-state index contributed by atoms with van der Waals surface area (Å²) in [5, 5.41) is 10.2. The van der Waals surface area contributed by atoms with Crippen LogP contribution < -0.4 is 5.56 Å². The number of thioether (sulfide) groups is 1. The van der Waals surface area contributed by atoms with E-state index in [2.05, 4.69) is 15.9 Å². The van der Waals surface area contributed by atoms with Gasteiger partial charge < -0.3 is 5.11 Å². The van der Waals surface area contributed by atoms with Crippen LogP contribution >= 0.6 is 27.7 Å². The summed E-state index contributed by atoms with van der Waals surface area (Å²) in [4.78, 5) is 28.9. The Hall–Kier alpha value is -2.90. The van der Waals surface area contributed by atoms with E-state index in [-0.39, 0.29) is 11.1 Å². The summed E-state index contributed by atoms with van der Waals surface area (Å²) < 4.78 is 2.54. The highest BCUT2D eigenvalue weighted by atomic mass is 79.9. The molecule has 29 heavy (non-hydrogen) atoms. The van der Waals surface area contributed by atoms with Crippen molar-refractivity contribution < 1.29 is 9.90 Å². The number of aromatic carboxylic acids is 1. The van der Waals surface area contributed by atoms with Crippen LogP contribution in [-0.4, -0.2) is 20.6 Å². The molecule has 1 heterocycles. The minimum Gasteiger partial charge on any atom is -0.478 e. The van der Waals surface area contributed by atoms with Crippen LogP contribution in [0.4, 0.5) is 0 Å². The zero-order chi connectivity index (χ0) is 20.4. The first-order valence-electron chi connectivity index (χ1n) is 8.76. The van der Waals surface area contributed by atoms with Gasteiger partial charge in [-0.15, -0.1) is 0 Å². The van der Waals surface area contributed by atoms with Gasteiger partial charge in [-0.3, -0.25) is 9.36 Å². The average molecular weight is 467 g/mol. The fourth-order valence-corrected chi connectivity index (χ4v) is 4.15. The number of para-hydroxylation sites is 1. The van der Waals surface area contributed by atoms with E-state index in [0.29, 0.717) is 21.8 Å². The first-order chi connectivity index (χ1) is 14.0. The molecule has 0 aliphatic rings. The van der Waals surface area contributed by atoms with Crippen molar-refractivity contribution in [1.82, 2.24) is 9.55 Å². The van der Waals surface area contributed by atoms with Crippen molar-refractivity contribution in [3.05, 3.63) is 98.7 Å². The minimum atomic E-state index is -0.954. The lowest BCUT2D eigenvalue weighted by atomic mass is 10.1. The van der Waals surface area contributed by atoms with Gasteiger partial charge in [0.2, 0.25) is 0 Å². The summed E-state index contributed by atoms with van der Waals surface area (Å²) in [5.74, 6) is -0.397. The van der Waals surface area contributed by atoms with Crippen LogP contribution in [0.2, 0.25) is 0 Å². The molecule has 0 amide bonds. The number of aromatic nitrogens is 2. The second-order valence-electron chi connectivity index (χ2n) is 6.32. The molecule has 0 atom stereocenters. The van der Waals surface area contributed by atoms with E-state index in [1.165, 1.54) is 11.8 Å². The monoisotopic (exact) mass is 466 g/mol. The van der Waals surface area contributed by atoms with Crippen molar-refractivity contribution in [2.75, 3.05) is 0 Å². The second kappa shape index (κ2) is 8.23. The molecular weight excluding hydrogens is 452 g/mol.